The van der Waals surface area contributed by atoms with Gasteiger partial charge in [0.2, 0.25) is 0 Å². The predicted molar refractivity (Wildman–Crippen MR) is 21.0 cm³/mol. The Balaban J connectivity index is 3.26. The van der Waals surface area contributed by atoms with Crippen LogP contribution >= 0.6 is 0 Å². The van der Waals surface area contributed by atoms with Crippen LogP contribution in [0.25, 0.3) is 0 Å². The molecule has 0 rings (SSSR count). The van der Waals surface area contributed by atoms with E-state index in [0.717, 1.165) is 0 Å². The van der Waals surface area contributed by atoms with Crippen molar-refractivity contribution < 1.29 is 6.17 Å². The van der Waals surface area contributed by atoms with Gasteiger partial charge in [-0.25, -0.2) is 0 Å². The van der Waals surface area contributed by atoms with Crippen LogP contribution in [0.1, 0.15) is 21.6 Å². The molecule has 0 fully saturated rings. The molecule has 0 aliphatic heterocycles. The first-order chi connectivity index (χ1) is 2.64. The summed E-state index contributed by atoms with van der Waals surface area (Å²) in [5, 5.41) is 0. The van der Waals surface area contributed by atoms with Crippen LogP contribution in [-0.2, 0) is 4.79 Å². The van der Waals surface area contributed by atoms with Gasteiger partial charge in [0.15, 0.2) is 0 Å². The number of carbonyl (C=O) groups is 1. The van der Waals surface area contributed by atoms with E-state index in [1.807, 2.05) is 0 Å². The zero-order valence-corrected chi connectivity index (χ0v) is 3.49. The Bertz CT molecular complexity index is 58.6. The third-order valence-electron chi connectivity index (χ3n) is 0.407. The van der Waals surface area contributed by atoms with Crippen LogP contribution in [0.5, 0.6) is 0 Å². The zero-order valence-electron chi connectivity index (χ0n) is 4.49. The Hall–Kier alpha value is -0.330. The van der Waals surface area contributed by atoms with Crippen LogP contribution < -0.4 is 0 Å². The summed E-state index contributed by atoms with van der Waals surface area (Å²) in [5.41, 5.74) is 0. The number of hydrogen-bond donors (Lipinski definition) is 0. The fourth-order valence-corrected chi connectivity index (χ4v) is 0. The molecule has 0 saturated carbocycles. The smallest absolute Gasteiger partial charge is 0.129 e. The average molecular weight is 73.1 g/mol. The lowest BCUT2D eigenvalue weighted by molar-refractivity contribution is -0.116. The lowest BCUT2D eigenvalue weighted by Crippen LogP contribution is -1.80. The second-order valence-electron chi connectivity index (χ2n) is 0.899. The van der Waals surface area contributed by atoms with E-state index in [1.165, 1.54) is 6.92 Å². The maximum atomic E-state index is 9.96. The highest BCUT2D eigenvalue weighted by molar-refractivity contribution is 5.74. The normalized spacial score (nSPS) is 16.8. The second kappa shape index (κ2) is 1.94. The van der Waals surface area contributed by atoms with Crippen molar-refractivity contribution in [3.05, 3.63) is 0 Å². The molecule has 0 amide bonds. The van der Waals surface area contributed by atoms with Gasteiger partial charge < -0.3 is 4.79 Å². The average Bonchev–Trinajstić information content (AvgIpc) is 1.36. The van der Waals surface area contributed by atoms with E-state index < -0.39 is 6.40 Å². The van der Waals surface area contributed by atoms with E-state index in [9.17, 15) is 4.79 Å². The predicted octanol–water partition coefficient (Wildman–Crippen LogP) is 0.985. The molecular formula is C4H8O. The van der Waals surface area contributed by atoms with Crippen LogP contribution in [0.15, 0.2) is 0 Å². The first-order valence-electron chi connectivity index (χ1n) is 2.15. The van der Waals surface area contributed by atoms with Crippen molar-refractivity contribution in [1.29, 1.82) is 0 Å². The third-order valence-corrected chi connectivity index (χ3v) is 0.407. The van der Waals surface area contributed by atoms with Crippen LogP contribution in [0.3, 0.4) is 0 Å². The fourth-order valence-electron chi connectivity index (χ4n) is 0. The van der Waals surface area contributed by atoms with Crippen molar-refractivity contribution in [1.82, 2.24) is 0 Å². The Morgan fingerprint density at radius 3 is 2.40 bits per heavy atom. The maximum Gasteiger partial charge on any atom is 0.129 e. The summed E-state index contributed by atoms with van der Waals surface area (Å²) in [5.74, 6) is -0.0741. The molecule has 30 valence electrons. The molecule has 0 N–H and O–H groups in total. The monoisotopic (exact) mass is 73.1 g/mol. The SMILES string of the molecule is [2H]C(C)C(C)=O. The van der Waals surface area contributed by atoms with Gasteiger partial charge in [-0.15, -0.1) is 0 Å². The molecule has 0 heterocycles. The van der Waals surface area contributed by atoms with Crippen LogP contribution in [0, 0.1) is 0 Å². The Kier molecular flexibility index (Phi) is 1.12. The fraction of sp³-hybridized carbons (Fsp3) is 0.750. The van der Waals surface area contributed by atoms with Gasteiger partial charge in [0.1, 0.15) is 5.78 Å². The van der Waals surface area contributed by atoms with E-state index >= 15 is 0 Å². The lowest BCUT2D eigenvalue weighted by atomic mass is 10.4. The summed E-state index contributed by atoms with van der Waals surface area (Å²) < 4.78 is 6.68. The van der Waals surface area contributed by atoms with Crippen LogP contribution in [0.4, 0.5) is 0 Å². The summed E-state index contributed by atoms with van der Waals surface area (Å²) in [6, 6.07) is 0. The molecule has 0 spiro atoms. The molecule has 0 radical (unpaired) electrons. The van der Waals surface area contributed by atoms with Crippen LogP contribution in [-0.4, -0.2) is 5.78 Å². The minimum atomic E-state index is -0.537. The highest BCUT2D eigenvalue weighted by Gasteiger charge is 1.76. The number of rotatable bonds is 1. The van der Waals surface area contributed by atoms with Gasteiger partial charge in [-0.2, -0.15) is 0 Å². The molecule has 0 bridgehead atoms. The van der Waals surface area contributed by atoms with Crippen molar-refractivity contribution in [2.75, 3.05) is 0 Å². The summed E-state index contributed by atoms with van der Waals surface area (Å²) in [7, 11) is 0. The Morgan fingerprint density at radius 1 is 2.20 bits per heavy atom. The number of carbonyl (C=O) groups excluding carboxylic acids is 1. The minimum Gasteiger partial charge on any atom is -0.300 e. The van der Waals surface area contributed by atoms with Crippen molar-refractivity contribution in [2.45, 2.75) is 20.2 Å². The van der Waals surface area contributed by atoms with E-state index in [1.54, 1.807) is 6.92 Å². The standard InChI is InChI=1S/C4H8O/c1-3-4(2)5/h3H2,1-2H3/i3D. The first kappa shape index (κ1) is 2.88. The molecule has 1 unspecified atom stereocenters. The van der Waals surface area contributed by atoms with E-state index in [4.69, 9.17) is 1.37 Å². The summed E-state index contributed by atoms with van der Waals surface area (Å²) in [6.07, 6.45) is -0.537. The summed E-state index contributed by atoms with van der Waals surface area (Å²) in [4.78, 5) is 9.96. The first-order valence-corrected chi connectivity index (χ1v) is 1.57. The largest absolute Gasteiger partial charge is 0.300 e. The van der Waals surface area contributed by atoms with Gasteiger partial charge in [0, 0.05) is 7.77 Å². The summed E-state index contributed by atoms with van der Waals surface area (Å²) >= 11 is 0. The molecule has 1 nitrogen and oxygen atoms in total. The van der Waals surface area contributed by atoms with Gasteiger partial charge in [-0.1, -0.05) is 6.92 Å². The topological polar surface area (TPSA) is 17.1 Å². The molecule has 0 aromatic carbocycles. The third kappa shape index (κ3) is 3.67. The van der Waals surface area contributed by atoms with E-state index in [-0.39, 0.29) is 5.78 Å². The zero-order chi connectivity index (χ0) is 5.15. The van der Waals surface area contributed by atoms with E-state index in [0.29, 0.717) is 0 Å². The van der Waals surface area contributed by atoms with E-state index in [2.05, 4.69) is 0 Å². The van der Waals surface area contributed by atoms with Crippen molar-refractivity contribution in [3.8, 4) is 0 Å². The number of ketones is 1. The Labute approximate surface area is 33.4 Å². The second-order valence-corrected chi connectivity index (χ2v) is 0.899. The molecule has 0 saturated heterocycles. The maximum absolute atomic E-state index is 9.96. The van der Waals surface area contributed by atoms with Gasteiger partial charge in [-0.05, 0) is 6.92 Å². The molecule has 5 heavy (non-hydrogen) atoms. The van der Waals surface area contributed by atoms with Crippen molar-refractivity contribution in [2.24, 2.45) is 0 Å². The van der Waals surface area contributed by atoms with Gasteiger partial charge >= 0.3 is 0 Å². The number of hydrogen-bond acceptors (Lipinski definition) is 1. The molecule has 0 aromatic rings. The quantitative estimate of drug-likeness (QED) is 0.452. The van der Waals surface area contributed by atoms with Crippen LogP contribution in [0.2, 0.25) is 0 Å². The van der Waals surface area contributed by atoms with Crippen molar-refractivity contribution >= 4 is 5.78 Å². The minimum absolute atomic E-state index is 0.0741. The number of Topliss-reactive ketones (excluding diaryl/α,β-unsaturated/α-hetero) is 1. The van der Waals surface area contributed by atoms with Gasteiger partial charge in [-0.3, -0.25) is 0 Å². The highest BCUT2D eigenvalue weighted by atomic mass is 16.1. The molecule has 1 heteroatoms. The van der Waals surface area contributed by atoms with Gasteiger partial charge in [0.25, 0.3) is 0 Å². The molecule has 0 aromatic heterocycles. The van der Waals surface area contributed by atoms with Crippen molar-refractivity contribution in [3.63, 3.8) is 0 Å². The molecule has 0 aliphatic carbocycles. The molecule has 1 atom stereocenters. The highest BCUT2D eigenvalue weighted by Crippen LogP contribution is 1.71. The Morgan fingerprint density at radius 2 is 2.40 bits per heavy atom. The van der Waals surface area contributed by atoms with Gasteiger partial charge in [0.05, 0.1) is 0 Å². The molecular weight excluding hydrogens is 64.0 g/mol. The lowest BCUT2D eigenvalue weighted by Gasteiger charge is -1.71. The summed E-state index contributed by atoms with van der Waals surface area (Å²) in [6.45, 7) is 2.97. The molecule has 0 aliphatic rings.